The summed E-state index contributed by atoms with van der Waals surface area (Å²) < 4.78 is 0. The third kappa shape index (κ3) is 4.48. The number of hydrogen-bond acceptors (Lipinski definition) is 3. The number of nitrogens with one attached hydrogen (secondary N) is 1. The van der Waals surface area contributed by atoms with E-state index in [0.717, 1.165) is 44.7 Å². The Labute approximate surface area is 178 Å². The zero-order valence-electron chi connectivity index (χ0n) is 17.8. The standard InChI is InChI=1S/C24H30N4O2/c1-17(2)23(29)27-12-9-19(10-13-27)18-5-7-22(8-6-18)26-24(30)28-15-21(16-28)20-4-3-11-25-14-20/h3-8,11,14,17,19,21H,9-10,12-13,15-16H2,1-2H3,(H,26,30). The number of piperidine rings is 1. The number of nitrogens with zero attached hydrogens (tertiary/aromatic N) is 3. The summed E-state index contributed by atoms with van der Waals surface area (Å²) >= 11 is 0. The van der Waals surface area contributed by atoms with Gasteiger partial charge in [0.2, 0.25) is 5.91 Å². The van der Waals surface area contributed by atoms with Crippen LogP contribution >= 0.6 is 0 Å². The van der Waals surface area contributed by atoms with Crippen LogP contribution in [0.5, 0.6) is 0 Å². The fourth-order valence-corrected chi connectivity index (χ4v) is 4.31. The van der Waals surface area contributed by atoms with E-state index in [1.54, 1.807) is 6.20 Å². The van der Waals surface area contributed by atoms with E-state index in [1.807, 2.05) is 48.0 Å². The molecule has 0 unspecified atom stereocenters. The number of anilines is 1. The largest absolute Gasteiger partial charge is 0.342 e. The number of rotatable bonds is 4. The number of urea groups is 1. The zero-order chi connectivity index (χ0) is 21.1. The van der Waals surface area contributed by atoms with Crippen LogP contribution in [0.2, 0.25) is 0 Å². The number of benzene rings is 1. The summed E-state index contributed by atoms with van der Waals surface area (Å²) in [5, 5.41) is 3.00. The summed E-state index contributed by atoms with van der Waals surface area (Å²) in [6, 6.07) is 12.1. The summed E-state index contributed by atoms with van der Waals surface area (Å²) in [5.41, 5.74) is 3.29. The molecule has 2 aromatic rings. The molecule has 4 rings (SSSR count). The minimum Gasteiger partial charge on any atom is -0.342 e. The lowest BCUT2D eigenvalue weighted by molar-refractivity contribution is -0.135. The van der Waals surface area contributed by atoms with Crippen LogP contribution in [0.15, 0.2) is 48.8 Å². The lowest BCUT2D eigenvalue weighted by Gasteiger charge is -2.39. The molecule has 0 aliphatic carbocycles. The second kappa shape index (κ2) is 8.86. The van der Waals surface area contributed by atoms with Crippen LogP contribution in [0.3, 0.4) is 0 Å². The quantitative estimate of drug-likeness (QED) is 0.832. The molecule has 1 aromatic carbocycles. The van der Waals surface area contributed by atoms with E-state index in [9.17, 15) is 9.59 Å². The molecule has 30 heavy (non-hydrogen) atoms. The molecule has 1 N–H and O–H groups in total. The van der Waals surface area contributed by atoms with Crippen molar-refractivity contribution in [1.82, 2.24) is 14.8 Å². The van der Waals surface area contributed by atoms with E-state index in [4.69, 9.17) is 0 Å². The van der Waals surface area contributed by atoms with Crippen molar-refractivity contribution in [2.45, 2.75) is 38.5 Å². The predicted molar refractivity (Wildman–Crippen MR) is 117 cm³/mol. The maximum Gasteiger partial charge on any atom is 0.321 e. The third-order valence-electron chi connectivity index (χ3n) is 6.26. The Morgan fingerprint density at radius 3 is 2.27 bits per heavy atom. The number of aromatic nitrogens is 1. The average molecular weight is 407 g/mol. The highest BCUT2D eigenvalue weighted by Gasteiger charge is 2.32. The van der Waals surface area contributed by atoms with Crippen LogP contribution in [-0.4, -0.2) is 52.9 Å². The van der Waals surface area contributed by atoms with Crippen molar-refractivity contribution >= 4 is 17.6 Å². The lowest BCUT2D eigenvalue weighted by Crippen LogP contribution is -2.50. The summed E-state index contributed by atoms with van der Waals surface area (Å²) in [7, 11) is 0. The number of carbonyl (C=O) groups excluding carboxylic acids is 2. The first-order valence-corrected chi connectivity index (χ1v) is 10.9. The monoisotopic (exact) mass is 406 g/mol. The fraction of sp³-hybridized carbons (Fsp3) is 0.458. The molecule has 6 nitrogen and oxygen atoms in total. The Hall–Kier alpha value is -2.89. The number of likely N-dealkylation sites (tertiary alicyclic amines) is 2. The topological polar surface area (TPSA) is 65.5 Å². The van der Waals surface area contributed by atoms with E-state index in [-0.39, 0.29) is 17.9 Å². The van der Waals surface area contributed by atoms with Gasteiger partial charge in [-0.15, -0.1) is 0 Å². The van der Waals surface area contributed by atoms with Crippen LogP contribution in [0, 0.1) is 5.92 Å². The van der Waals surface area contributed by atoms with Gasteiger partial charge in [-0.05, 0) is 48.1 Å². The van der Waals surface area contributed by atoms with E-state index >= 15 is 0 Å². The molecule has 1 aromatic heterocycles. The molecular weight excluding hydrogens is 376 g/mol. The molecule has 2 aliphatic heterocycles. The molecule has 3 heterocycles. The Bertz CT molecular complexity index is 868. The fourth-order valence-electron chi connectivity index (χ4n) is 4.31. The highest BCUT2D eigenvalue weighted by molar-refractivity contribution is 5.90. The molecule has 2 fully saturated rings. The first kappa shape index (κ1) is 20.4. The van der Waals surface area contributed by atoms with Crippen molar-refractivity contribution in [2.75, 3.05) is 31.5 Å². The number of hydrogen-bond donors (Lipinski definition) is 1. The third-order valence-corrected chi connectivity index (χ3v) is 6.26. The smallest absolute Gasteiger partial charge is 0.321 e. The maximum atomic E-state index is 12.5. The SMILES string of the molecule is CC(C)C(=O)N1CCC(c2ccc(NC(=O)N3CC(c4cccnc4)C3)cc2)CC1. The van der Waals surface area contributed by atoms with Gasteiger partial charge in [0, 0.05) is 56.1 Å². The normalized spacial score (nSPS) is 17.7. The first-order valence-electron chi connectivity index (χ1n) is 10.9. The highest BCUT2D eigenvalue weighted by Crippen LogP contribution is 2.30. The molecule has 0 bridgehead atoms. The molecule has 0 radical (unpaired) electrons. The molecule has 3 amide bonds. The maximum absolute atomic E-state index is 12.5. The summed E-state index contributed by atoms with van der Waals surface area (Å²) in [5.74, 6) is 1.17. The van der Waals surface area contributed by atoms with Gasteiger partial charge in [0.15, 0.2) is 0 Å². The van der Waals surface area contributed by atoms with Crippen molar-refractivity contribution < 1.29 is 9.59 Å². The number of carbonyl (C=O) groups is 2. The zero-order valence-corrected chi connectivity index (χ0v) is 17.8. The summed E-state index contributed by atoms with van der Waals surface area (Å²) in [4.78, 5) is 32.6. The average Bonchev–Trinajstić information content (AvgIpc) is 2.73. The van der Waals surface area contributed by atoms with Gasteiger partial charge in [-0.25, -0.2) is 4.79 Å². The van der Waals surface area contributed by atoms with E-state index in [2.05, 4.69) is 28.5 Å². The minimum atomic E-state index is -0.0524. The van der Waals surface area contributed by atoms with Crippen LogP contribution in [0.4, 0.5) is 10.5 Å². The summed E-state index contributed by atoms with van der Waals surface area (Å²) in [6.07, 6.45) is 5.63. The van der Waals surface area contributed by atoms with Crippen LogP contribution < -0.4 is 5.32 Å². The van der Waals surface area contributed by atoms with Gasteiger partial charge in [-0.2, -0.15) is 0 Å². The van der Waals surface area contributed by atoms with Crippen molar-refractivity contribution in [2.24, 2.45) is 5.92 Å². The first-order chi connectivity index (χ1) is 14.5. The Balaban J connectivity index is 1.25. The van der Waals surface area contributed by atoms with E-state index in [1.165, 1.54) is 11.1 Å². The molecule has 6 heteroatoms. The van der Waals surface area contributed by atoms with Gasteiger partial charge < -0.3 is 15.1 Å². The summed E-state index contributed by atoms with van der Waals surface area (Å²) in [6.45, 7) is 7.02. The second-order valence-electron chi connectivity index (χ2n) is 8.69. The van der Waals surface area contributed by atoms with Crippen molar-refractivity contribution in [3.8, 4) is 0 Å². The molecular formula is C24H30N4O2. The van der Waals surface area contributed by atoms with Gasteiger partial charge in [0.05, 0.1) is 0 Å². The van der Waals surface area contributed by atoms with Gasteiger partial charge >= 0.3 is 6.03 Å². The minimum absolute atomic E-state index is 0.0524. The molecule has 2 aliphatic rings. The number of pyridine rings is 1. The van der Waals surface area contributed by atoms with E-state index in [0.29, 0.717) is 11.8 Å². The molecule has 0 atom stereocenters. The van der Waals surface area contributed by atoms with E-state index < -0.39 is 0 Å². The van der Waals surface area contributed by atoms with Gasteiger partial charge in [0.25, 0.3) is 0 Å². The molecule has 0 saturated carbocycles. The molecule has 158 valence electrons. The Kier molecular flexibility index (Phi) is 6.02. The predicted octanol–water partition coefficient (Wildman–Crippen LogP) is 4.07. The van der Waals surface area contributed by atoms with Crippen molar-refractivity contribution in [3.63, 3.8) is 0 Å². The Morgan fingerprint density at radius 2 is 1.67 bits per heavy atom. The Morgan fingerprint density at radius 1 is 0.967 bits per heavy atom. The lowest BCUT2D eigenvalue weighted by atomic mass is 9.89. The van der Waals surface area contributed by atoms with Crippen LogP contribution in [0.25, 0.3) is 0 Å². The van der Waals surface area contributed by atoms with Gasteiger partial charge in [-0.1, -0.05) is 32.0 Å². The van der Waals surface area contributed by atoms with Gasteiger partial charge in [0.1, 0.15) is 0 Å². The van der Waals surface area contributed by atoms with Crippen molar-refractivity contribution in [1.29, 1.82) is 0 Å². The highest BCUT2D eigenvalue weighted by atomic mass is 16.2. The van der Waals surface area contributed by atoms with Crippen LogP contribution in [-0.2, 0) is 4.79 Å². The molecule has 0 spiro atoms. The van der Waals surface area contributed by atoms with Crippen LogP contribution in [0.1, 0.15) is 49.7 Å². The van der Waals surface area contributed by atoms with Crippen molar-refractivity contribution in [3.05, 3.63) is 59.9 Å². The number of amides is 3. The molecule has 2 saturated heterocycles. The second-order valence-corrected chi connectivity index (χ2v) is 8.69. The van der Waals surface area contributed by atoms with Gasteiger partial charge in [-0.3, -0.25) is 9.78 Å².